The Morgan fingerprint density at radius 1 is 1.27 bits per heavy atom. The molecular weight excluding hydrogens is 211 g/mol. The van der Waals surface area contributed by atoms with Gasteiger partial charge in [-0.25, -0.2) is 0 Å². The predicted molar refractivity (Wildman–Crippen MR) is 48.7 cm³/mol. The van der Waals surface area contributed by atoms with E-state index < -0.39 is 12.8 Å². The second-order valence-electron chi connectivity index (χ2n) is 3.51. The molecule has 0 radical (unpaired) electrons. The van der Waals surface area contributed by atoms with Gasteiger partial charge in [0.1, 0.15) is 6.61 Å². The van der Waals surface area contributed by atoms with Gasteiger partial charge in [-0.15, -0.1) is 0 Å². The molecule has 3 nitrogen and oxygen atoms in total. The van der Waals surface area contributed by atoms with E-state index in [1.807, 2.05) is 0 Å². The molecule has 0 amide bonds. The fourth-order valence-corrected chi connectivity index (χ4v) is 1.37. The number of nitrogens with one attached hydrogen (secondary N) is 1. The lowest BCUT2D eigenvalue weighted by Gasteiger charge is -2.11. The van der Waals surface area contributed by atoms with Gasteiger partial charge in [0, 0.05) is 19.8 Å². The summed E-state index contributed by atoms with van der Waals surface area (Å²) >= 11 is 0. The summed E-state index contributed by atoms with van der Waals surface area (Å²) in [6.45, 7) is 1.18. The lowest BCUT2D eigenvalue weighted by molar-refractivity contribution is -0.174. The Morgan fingerprint density at radius 2 is 2.07 bits per heavy atom. The van der Waals surface area contributed by atoms with Gasteiger partial charge in [0.25, 0.3) is 0 Å². The van der Waals surface area contributed by atoms with Crippen molar-refractivity contribution in [3.8, 4) is 0 Å². The van der Waals surface area contributed by atoms with Crippen LogP contribution >= 0.6 is 0 Å². The summed E-state index contributed by atoms with van der Waals surface area (Å²) in [4.78, 5) is 0. The zero-order valence-corrected chi connectivity index (χ0v) is 8.48. The van der Waals surface area contributed by atoms with Crippen LogP contribution in [0.15, 0.2) is 0 Å². The summed E-state index contributed by atoms with van der Waals surface area (Å²) in [7, 11) is 0. The Labute approximate surface area is 86.9 Å². The number of hydrogen-bond acceptors (Lipinski definition) is 3. The van der Waals surface area contributed by atoms with Crippen LogP contribution in [0.25, 0.3) is 0 Å². The molecule has 1 atom stereocenters. The number of ether oxygens (including phenoxy) is 2. The van der Waals surface area contributed by atoms with E-state index in [1.165, 1.54) is 0 Å². The molecular formula is C9H16F3NO2. The van der Waals surface area contributed by atoms with Crippen molar-refractivity contribution in [3.63, 3.8) is 0 Å². The normalized spacial score (nSPS) is 22.2. The fraction of sp³-hybridized carbons (Fsp3) is 1.00. The smallest absolute Gasteiger partial charge is 0.377 e. The molecule has 0 saturated carbocycles. The van der Waals surface area contributed by atoms with E-state index in [2.05, 4.69) is 10.1 Å². The third-order valence-corrected chi connectivity index (χ3v) is 2.07. The lowest BCUT2D eigenvalue weighted by Crippen LogP contribution is -2.19. The molecule has 1 fully saturated rings. The molecule has 0 bridgehead atoms. The van der Waals surface area contributed by atoms with Crippen LogP contribution in [0.5, 0.6) is 0 Å². The molecule has 1 unspecified atom stereocenters. The first kappa shape index (κ1) is 12.7. The zero-order chi connectivity index (χ0) is 11.1. The molecule has 6 heteroatoms. The molecule has 1 rings (SSSR count). The summed E-state index contributed by atoms with van der Waals surface area (Å²) in [6, 6.07) is 0. The number of rotatable bonds is 6. The van der Waals surface area contributed by atoms with Crippen LogP contribution in [0.2, 0.25) is 0 Å². The Morgan fingerprint density at radius 3 is 2.67 bits per heavy atom. The maximum atomic E-state index is 11.6. The molecule has 1 heterocycles. The molecule has 1 N–H and O–H groups in total. The first-order chi connectivity index (χ1) is 7.08. The van der Waals surface area contributed by atoms with Crippen molar-refractivity contribution in [2.24, 2.45) is 0 Å². The van der Waals surface area contributed by atoms with Crippen LogP contribution in [0.1, 0.15) is 12.8 Å². The predicted octanol–water partition coefficient (Wildman–Crippen LogP) is 1.33. The minimum atomic E-state index is -4.23. The van der Waals surface area contributed by atoms with Crippen molar-refractivity contribution in [1.29, 1.82) is 0 Å². The molecule has 15 heavy (non-hydrogen) atoms. The second-order valence-corrected chi connectivity index (χ2v) is 3.51. The molecule has 0 spiro atoms. The number of alkyl halides is 3. The Hall–Kier alpha value is -0.330. The van der Waals surface area contributed by atoms with Crippen molar-refractivity contribution >= 4 is 0 Å². The standard InChI is InChI=1S/C9H16F3NO2/c10-9(11,12)7-14-4-1-5-15-8-2-3-13-6-8/h8,13H,1-7H2. The van der Waals surface area contributed by atoms with Crippen molar-refractivity contribution in [3.05, 3.63) is 0 Å². The van der Waals surface area contributed by atoms with Gasteiger partial charge in [-0.05, 0) is 19.4 Å². The van der Waals surface area contributed by atoms with Crippen LogP contribution in [0, 0.1) is 0 Å². The van der Waals surface area contributed by atoms with Gasteiger partial charge in [-0.1, -0.05) is 0 Å². The lowest BCUT2D eigenvalue weighted by atomic mass is 10.3. The van der Waals surface area contributed by atoms with Gasteiger partial charge < -0.3 is 14.8 Å². The maximum absolute atomic E-state index is 11.6. The topological polar surface area (TPSA) is 30.5 Å². The molecule has 1 aliphatic heterocycles. The van der Waals surface area contributed by atoms with Gasteiger partial charge >= 0.3 is 6.18 Å². The number of halogens is 3. The first-order valence-electron chi connectivity index (χ1n) is 5.05. The molecule has 90 valence electrons. The van der Waals surface area contributed by atoms with E-state index in [4.69, 9.17) is 4.74 Å². The number of hydrogen-bond donors (Lipinski definition) is 1. The van der Waals surface area contributed by atoms with E-state index >= 15 is 0 Å². The Balaban J connectivity index is 1.84. The monoisotopic (exact) mass is 227 g/mol. The third-order valence-electron chi connectivity index (χ3n) is 2.07. The van der Waals surface area contributed by atoms with E-state index in [-0.39, 0.29) is 12.7 Å². The Bertz CT molecular complexity index is 169. The van der Waals surface area contributed by atoms with Crippen molar-refractivity contribution in [1.82, 2.24) is 5.32 Å². The highest BCUT2D eigenvalue weighted by Crippen LogP contribution is 2.14. The largest absolute Gasteiger partial charge is 0.411 e. The molecule has 0 aliphatic carbocycles. The Kier molecular flexibility index (Phi) is 5.35. The SMILES string of the molecule is FC(F)(F)COCCCOC1CCNC1. The van der Waals surface area contributed by atoms with Crippen LogP contribution < -0.4 is 5.32 Å². The van der Waals surface area contributed by atoms with Crippen LogP contribution in [-0.2, 0) is 9.47 Å². The van der Waals surface area contributed by atoms with Crippen molar-refractivity contribution < 1.29 is 22.6 Å². The molecule has 0 aromatic heterocycles. The highest BCUT2D eigenvalue weighted by atomic mass is 19.4. The minimum Gasteiger partial charge on any atom is -0.377 e. The van der Waals surface area contributed by atoms with Gasteiger partial charge in [0.15, 0.2) is 0 Å². The zero-order valence-electron chi connectivity index (χ0n) is 8.48. The van der Waals surface area contributed by atoms with Gasteiger partial charge in [0.2, 0.25) is 0 Å². The summed E-state index contributed by atoms with van der Waals surface area (Å²) in [5, 5.41) is 3.14. The molecule has 0 aromatic rings. The van der Waals surface area contributed by atoms with E-state index in [9.17, 15) is 13.2 Å². The van der Waals surface area contributed by atoms with Gasteiger partial charge in [-0.2, -0.15) is 13.2 Å². The summed E-state index contributed by atoms with van der Waals surface area (Å²) < 4.78 is 44.8. The quantitative estimate of drug-likeness (QED) is 0.694. The minimum absolute atomic E-state index is 0.0969. The average molecular weight is 227 g/mol. The maximum Gasteiger partial charge on any atom is 0.411 e. The van der Waals surface area contributed by atoms with E-state index in [0.29, 0.717) is 13.0 Å². The molecule has 1 aliphatic rings. The molecule has 0 aromatic carbocycles. The van der Waals surface area contributed by atoms with E-state index in [1.54, 1.807) is 0 Å². The molecule has 1 saturated heterocycles. The summed E-state index contributed by atoms with van der Waals surface area (Å²) in [5.41, 5.74) is 0. The summed E-state index contributed by atoms with van der Waals surface area (Å²) in [5.74, 6) is 0. The van der Waals surface area contributed by atoms with Crippen molar-refractivity contribution in [2.45, 2.75) is 25.1 Å². The second kappa shape index (κ2) is 6.30. The first-order valence-corrected chi connectivity index (χ1v) is 5.05. The summed E-state index contributed by atoms with van der Waals surface area (Å²) in [6.07, 6.45) is -2.53. The highest BCUT2D eigenvalue weighted by molar-refractivity contribution is 4.70. The van der Waals surface area contributed by atoms with Gasteiger partial charge in [0.05, 0.1) is 6.10 Å². The average Bonchev–Trinajstić information content (AvgIpc) is 2.61. The van der Waals surface area contributed by atoms with Crippen molar-refractivity contribution in [2.75, 3.05) is 32.9 Å². The van der Waals surface area contributed by atoms with Gasteiger partial charge in [-0.3, -0.25) is 0 Å². The van der Waals surface area contributed by atoms with Crippen LogP contribution in [0.3, 0.4) is 0 Å². The third kappa shape index (κ3) is 6.70. The van der Waals surface area contributed by atoms with E-state index in [0.717, 1.165) is 19.5 Å². The van der Waals surface area contributed by atoms with Crippen LogP contribution in [-0.4, -0.2) is 45.2 Å². The van der Waals surface area contributed by atoms with Crippen LogP contribution in [0.4, 0.5) is 13.2 Å². The highest BCUT2D eigenvalue weighted by Gasteiger charge is 2.27. The fourth-order valence-electron chi connectivity index (χ4n) is 1.37.